The van der Waals surface area contributed by atoms with Crippen LogP contribution in [-0.4, -0.2) is 29.0 Å². The minimum atomic E-state index is 0. The number of nitrogens with one attached hydrogen (secondary N) is 1. The number of rotatable bonds is 5. The van der Waals surface area contributed by atoms with E-state index in [-0.39, 0.29) is 24.0 Å². The molecule has 24 heavy (non-hydrogen) atoms. The number of aliphatic imine (C=N–C) groups is 1. The summed E-state index contributed by atoms with van der Waals surface area (Å²) in [5, 5.41) is 12.2. The van der Waals surface area contributed by atoms with Gasteiger partial charge in [-0.1, -0.05) is 12.1 Å². The molecule has 1 aromatic carbocycles. The van der Waals surface area contributed by atoms with Gasteiger partial charge in [-0.25, -0.2) is 4.99 Å². The van der Waals surface area contributed by atoms with Crippen molar-refractivity contribution < 1.29 is 0 Å². The van der Waals surface area contributed by atoms with Crippen molar-refractivity contribution in [2.24, 2.45) is 12.0 Å². The quantitative estimate of drug-likeness (QED) is 0.445. The molecule has 2 rings (SSSR count). The van der Waals surface area contributed by atoms with Crippen molar-refractivity contribution >= 4 is 29.9 Å². The van der Waals surface area contributed by atoms with Crippen LogP contribution in [0.15, 0.2) is 47.6 Å². The Bertz CT molecular complexity index is 697. The van der Waals surface area contributed by atoms with Crippen molar-refractivity contribution in [1.82, 2.24) is 14.8 Å². The van der Waals surface area contributed by atoms with Crippen LogP contribution >= 0.6 is 24.0 Å². The summed E-state index contributed by atoms with van der Waals surface area (Å²) in [6.45, 7) is 4.27. The maximum absolute atomic E-state index is 8.84. The van der Waals surface area contributed by atoms with E-state index in [4.69, 9.17) is 5.26 Å². The van der Waals surface area contributed by atoms with Gasteiger partial charge in [0.2, 0.25) is 0 Å². The molecule has 0 saturated heterocycles. The van der Waals surface area contributed by atoms with Crippen molar-refractivity contribution in [3.63, 3.8) is 0 Å². The van der Waals surface area contributed by atoms with Crippen molar-refractivity contribution in [2.75, 3.05) is 13.6 Å². The number of guanidine groups is 1. The average molecular weight is 437 g/mol. The molecule has 6 heteroatoms. The van der Waals surface area contributed by atoms with Crippen LogP contribution in [0.2, 0.25) is 0 Å². The summed E-state index contributed by atoms with van der Waals surface area (Å²) >= 11 is 0. The summed E-state index contributed by atoms with van der Waals surface area (Å²) in [6, 6.07) is 13.8. The largest absolute Gasteiger partial charge is 0.357 e. The predicted octanol–water partition coefficient (Wildman–Crippen LogP) is 3.11. The molecule has 0 aliphatic heterocycles. The van der Waals surface area contributed by atoms with Gasteiger partial charge >= 0.3 is 0 Å². The summed E-state index contributed by atoms with van der Waals surface area (Å²) in [7, 11) is 4.08. The average Bonchev–Trinajstić information content (AvgIpc) is 2.96. The minimum absolute atomic E-state index is 0. The molecule has 5 nitrogen and oxygen atoms in total. The lowest BCUT2D eigenvalue weighted by Crippen LogP contribution is -2.38. The third-order valence-electron chi connectivity index (χ3n) is 3.64. The van der Waals surface area contributed by atoms with Crippen molar-refractivity contribution in [2.45, 2.75) is 20.0 Å². The van der Waals surface area contributed by atoms with Crippen LogP contribution in [0.25, 0.3) is 0 Å². The molecule has 2 aromatic rings. The Morgan fingerprint density at radius 2 is 2.00 bits per heavy atom. The fourth-order valence-corrected chi connectivity index (χ4v) is 2.30. The molecule has 0 amide bonds. The number of nitrogens with zero attached hydrogens (tertiary/aromatic N) is 4. The highest BCUT2D eigenvalue weighted by atomic mass is 127. The van der Waals surface area contributed by atoms with E-state index in [0.717, 1.165) is 24.6 Å². The molecule has 0 aliphatic rings. The first-order chi connectivity index (χ1) is 11.1. The molecule has 1 N–H and O–H groups in total. The molecule has 0 spiro atoms. The van der Waals surface area contributed by atoms with E-state index in [1.165, 1.54) is 5.69 Å². The van der Waals surface area contributed by atoms with Gasteiger partial charge in [0, 0.05) is 32.5 Å². The van der Waals surface area contributed by atoms with E-state index < -0.39 is 0 Å². The summed E-state index contributed by atoms with van der Waals surface area (Å²) in [5.74, 6) is 0.873. The lowest BCUT2D eigenvalue weighted by molar-refractivity contribution is 0.462. The molecule has 1 aromatic heterocycles. The highest BCUT2D eigenvalue weighted by Gasteiger charge is 2.08. The highest BCUT2D eigenvalue weighted by molar-refractivity contribution is 14.0. The number of aromatic nitrogens is 1. The zero-order valence-corrected chi connectivity index (χ0v) is 16.7. The number of hydrogen-bond donors (Lipinski definition) is 1. The first-order valence-electron chi connectivity index (χ1n) is 7.72. The van der Waals surface area contributed by atoms with E-state index >= 15 is 0 Å². The second-order valence-electron chi connectivity index (χ2n) is 5.45. The molecule has 0 fully saturated rings. The Morgan fingerprint density at radius 3 is 2.54 bits per heavy atom. The number of halogens is 1. The van der Waals surface area contributed by atoms with E-state index in [0.29, 0.717) is 12.1 Å². The Morgan fingerprint density at radius 1 is 1.29 bits per heavy atom. The van der Waals surface area contributed by atoms with Crippen molar-refractivity contribution in [3.8, 4) is 6.07 Å². The normalized spacial score (nSPS) is 10.7. The number of hydrogen-bond acceptors (Lipinski definition) is 2. The molecular formula is C18H24IN5. The number of nitriles is 1. The van der Waals surface area contributed by atoms with Gasteiger partial charge in [0.05, 0.1) is 24.7 Å². The zero-order chi connectivity index (χ0) is 16.7. The van der Waals surface area contributed by atoms with E-state index in [9.17, 15) is 0 Å². The van der Waals surface area contributed by atoms with Gasteiger partial charge in [-0.15, -0.1) is 24.0 Å². The summed E-state index contributed by atoms with van der Waals surface area (Å²) in [6.07, 6.45) is 2.05. The Balaban J connectivity index is 0.00000288. The second-order valence-corrected chi connectivity index (χ2v) is 5.45. The molecular weight excluding hydrogens is 413 g/mol. The molecule has 0 aliphatic carbocycles. The van der Waals surface area contributed by atoms with E-state index in [2.05, 4.69) is 38.8 Å². The summed E-state index contributed by atoms with van der Waals surface area (Å²) < 4.78 is 2.11. The maximum Gasteiger partial charge on any atom is 0.194 e. The van der Waals surface area contributed by atoms with Gasteiger partial charge < -0.3 is 14.8 Å². The van der Waals surface area contributed by atoms with Crippen LogP contribution in [0.3, 0.4) is 0 Å². The third-order valence-corrected chi connectivity index (χ3v) is 3.64. The van der Waals surface area contributed by atoms with Crippen LogP contribution in [0, 0.1) is 11.3 Å². The van der Waals surface area contributed by atoms with Crippen LogP contribution < -0.4 is 5.32 Å². The number of benzene rings is 1. The molecule has 0 unspecified atom stereocenters. The monoisotopic (exact) mass is 437 g/mol. The van der Waals surface area contributed by atoms with Crippen LogP contribution in [-0.2, 0) is 20.1 Å². The van der Waals surface area contributed by atoms with Gasteiger partial charge in [0.1, 0.15) is 0 Å². The lowest BCUT2D eigenvalue weighted by Gasteiger charge is -2.22. The van der Waals surface area contributed by atoms with Crippen LogP contribution in [0.5, 0.6) is 0 Å². The molecule has 0 saturated carbocycles. The predicted molar refractivity (Wildman–Crippen MR) is 108 cm³/mol. The Hall–Kier alpha value is -2.01. The van der Waals surface area contributed by atoms with Crippen LogP contribution in [0.4, 0.5) is 0 Å². The highest BCUT2D eigenvalue weighted by Crippen LogP contribution is 2.07. The second kappa shape index (κ2) is 9.98. The first kappa shape index (κ1) is 20.0. The van der Waals surface area contributed by atoms with Crippen LogP contribution in [0.1, 0.15) is 23.7 Å². The van der Waals surface area contributed by atoms with E-state index in [1.807, 2.05) is 50.6 Å². The van der Waals surface area contributed by atoms with Gasteiger partial charge in [0.25, 0.3) is 0 Å². The van der Waals surface area contributed by atoms with Gasteiger partial charge in [-0.3, -0.25) is 0 Å². The third kappa shape index (κ3) is 5.57. The SMILES string of the molecule is CCNC(=NCc1ccc(C#N)cc1)N(C)Cc1cccn1C.I. The van der Waals surface area contributed by atoms with Crippen molar-refractivity contribution in [3.05, 3.63) is 59.4 Å². The molecule has 0 radical (unpaired) electrons. The fourth-order valence-electron chi connectivity index (χ4n) is 2.30. The fraction of sp³-hybridized carbons (Fsp3) is 0.333. The molecule has 0 bridgehead atoms. The Kier molecular flexibility index (Phi) is 8.33. The Labute approximate surface area is 161 Å². The maximum atomic E-state index is 8.84. The lowest BCUT2D eigenvalue weighted by atomic mass is 10.1. The van der Waals surface area contributed by atoms with Gasteiger partial charge in [0.15, 0.2) is 5.96 Å². The van der Waals surface area contributed by atoms with E-state index in [1.54, 1.807) is 0 Å². The topological polar surface area (TPSA) is 56.4 Å². The van der Waals surface area contributed by atoms with Gasteiger partial charge in [-0.2, -0.15) is 5.26 Å². The standard InChI is InChI=1S/C18H23N5.HI/c1-4-20-18(23(3)14-17-6-5-11-22(17)2)21-13-16-9-7-15(12-19)8-10-16;/h5-11H,4,13-14H2,1-3H3,(H,20,21);1H. The summed E-state index contributed by atoms with van der Waals surface area (Å²) in [4.78, 5) is 6.80. The molecule has 128 valence electrons. The molecule has 0 atom stereocenters. The van der Waals surface area contributed by atoms with Crippen molar-refractivity contribution in [1.29, 1.82) is 5.26 Å². The minimum Gasteiger partial charge on any atom is -0.357 e. The number of aryl methyl sites for hydroxylation is 1. The summed E-state index contributed by atoms with van der Waals surface area (Å²) in [5.41, 5.74) is 2.99. The van der Waals surface area contributed by atoms with Gasteiger partial charge in [-0.05, 0) is 36.8 Å². The first-order valence-corrected chi connectivity index (χ1v) is 7.72. The smallest absolute Gasteiger partial charge is 0.194 e. The molecule has 1 heterocycles. The zero-order valence-electron chi connectivity index (χ0n) is 14.4.